The molecular formula is C19H20F3N3O3. The van der Waals surface area contributed by atoms with Crippen LogP contribution in [-0.4, -0.2) is 26.8 Å². The van der Waals surface area contributed by atoms with Gasteiger partial charge in [0.1, 0.15) is 0 Å². The lowest BCUT2D eigenvalue weighted by molar-refractivity contribution is -0.144. The van der Waals surface area contributed by atoms with E-state index in [2.05, 4.69) is 10.4 Å². The lowest BCUT2D eigenvalue weighted by Gasteiger charge is -2.25. The van der Waals surface area contributed by atoms with Crippen LogP contribution in [0.5, 0.6) is 0 Å². The van der Waals surface area contributed by atoms with Gasteiger partial charge in [-0.05, 0) is 43.0 Å². The number of aliphatic carboxylic acids is 1. The fourth-order valence-corrected chi connectivity index (χ4v) is 3.37. The number of aromatic nitrogens is 2. The van der Waals surface area contributed by atoms with Crippen LogP contribution in [0.2, 0.25) is 0 Å². The number of carbonyl (C=O) groups is 2. The molecule has 0 saturated heterocycles. The fourth-order valence-electron chi connectivity index (χ4n) is 3.37. The van der Waals surface area contributed by atoms with Gasteiger partial charge in [0.2, 0.25) is 5.91 Å². The largest absolute Gasteiger partial charge is 0.481 e. The van der Waals surface area contributed by atoms with Crippen LogP contribution in [0, 0.1) is 11.8 Å². The predicted octanol–water partition coefficient (Wildman–Crippen LogP) is 3.40. The van der Waals surface area contributed by atoms with Crippen LogP contribution in [-0.2, 0) is 22.3 Å². The number of benzene rings is 1. The summed E-state index contributed by atoms with van der Waals surface area (Å²) in [5, 5.41) is 15.4. The summed E-state index contributed by atoms with van der Waals surface area (Å²) in [5.41, 5.74) is 0.295. The molecule has 1 saturated carbocycles. The zero-order valence-electron chi connectivity index (χ0n) is 14.9. The summed E-state index contributed by atoms with van der Waals surface area (Å²) < 4.78 is 39.0. The predicted molar refractivity (Wildman–Crippen MR) is 93.5 cm³/mol. The Labute approximate surface area is 159 Å². The molecule has 1 heterocycles. The second-order valence-electron chi connectivity index (χ2n) is 6.93. The van der Waals surface area contributed by atoms with Gasteiger partial charge in [-0.15, -0.1) is 0 Å². The smallest absolute Gasteiger partial charge is 0.435 e. The van der Waals surface area contributed by atoms with Gasteiger partial charge in [0.15, 0.2) is 5.69 Å². The number of halogens is 3. The van der Waals surface area contributed by atoms with Gasteiger partial charge in [0.05, 0.1) is 11.6 Å². The van der Waals surface area contributed by atoms with E-state index in [9.17, 15) is 22.8 Å². The molecule has 1 aliphatic carbocycles. The van der Waals surface area contributed by atoms with E-state index in [1.807, 2.05) is 0 Å². The molecule has 150 valence electrons. The lowest BCUT2D eigenvalue weighted by atomic mass is 9.81. The molecule has 2 N–H and O–H groups in total. The minimum absolute atomic E-state index is 0.170. The van der Waals surface area contributed by atoms with Gasteiger partial charge < -0.3 is 10.4 Å². The van der Waals surface area contributed by atoms with E-state index in [0.29, 0.717) is 31.4 Å². The fraction of sp³-hybridized carbons (Fsp3) is 0.421. The number of hydrogen-bond donors (Lipinski definition) is 2. The quantitative estimate of drug-likeness (QED) is 0.813. The summed E-state index contributed by atoms with van der Waals surface area (Å²) in [7, 11) is 0. The molecule has 0 aliphatic heterocycles. The Kier molecular flexibility index (Phi) is 5.71. The second kappa shape index (κ2) is 8.04. The Balaban J connectivity index is 1.56. The Morgan fingerprint density at radius 2 is 1.82 bits per heavy atom. The van der Waals surface area contributed by atoms with Crippen molar-refractivity contribution in [3.8, 4) is 5.69 Å². The van der Waals surface area contributed by atoms with E-state index < -0.39 is 23.8 Å². The maximum absolute atomic E-state index is 12.6. The summed E-state index contributed by atoms with van der Waals surface area (Å²) >= 11 is 0. The van der Waals surface area contributed by atoms with Gasteiger partial charge in [-0.2, -0.15) is 18.3 Å². The average Bonchev–Trinajstić information content (AvgIpc) is 3.17. The normalized spacial score (nSPS) is 20.0. The molecule has 1 aromatic carbocycles. The standard InChI is InChI=1S/C19H20F3N3O3/c20-19(21,22)16-8-9-25(24-16)15-6-4-12(5-7-15)11-23-17(26)13-2-1-3-14(10-13)18(27)28/h4-9,13-14H,1-3,10-11H2,(H,23,26)(H,27,28). The van der Waals surface area contributed by atoms with E-state index in [1.165, 1.54) is 6.20 Å². The third-order valence-corrected chi connectivity index (χ3v) is 4.94. The van der Waals surface area contributed by atoms with E-state index in [1.54, 1.807) is 24.3 Å². The van der Waals surface area contributed by atoms with Crippen LogP contribution in [0.15, 0.2) is 36.5 Å². The highest BCUT2D eigenvalue weighted by atomic mass is 19.4. The molecule has 0 spiro atoms. The third-order valence-electron chi connectivity index (χ3n) is 4.94. The van der Waals surface area contributed by atoms with Crippen molar-refractivity contribution in [2.45, 2.75) is 38.4 Å². The highest BCUT2D eigenvalue weighted by Gasteiger charge is 2.33. The van der Waals surface area contributed by atoms with Crippen LogP contribution in [0.4, 0.5) is 13.2 Å². The van der Waals surface area contributed by atoms with E-state index in [0.717, 1.165) is 16.3 Å². The van der Waals surface area contributed by atoms with E-state index in [-0.39, 0.29) is 18.4 Å². The molecule has 9 heteroatoms. The van der Waals surface area contributed by atoms with Crippen LogP contribution >= 0.6 is 0 Å². The molecule has 28 heavy (non-hydrogen) atoms. The van der Waals surface area contributed by atoms with Crippen molar-refractivity contribution in [2.24, 2.45) is 11.8 Å². The summed E-state index contributed by atoms with van der Waals surface area (Å²) in [6, 6.07) is 7.55. The van der Waals surface area contributed by atoms with Crippen molar-refractivity contribution in [1.29, 1.82) is 0 Å². The highest BCUT2D eigenvalue weighted by molar-refractivity contribution is 5.80. The molecule has 3 rings (SSSR count). The van der Waals surface area contributed by atoms with Crippen LogP contribution in [0.3, 0.4) is 0 Å². The lowest BCUT2D eigenvalue weighted by Crippen LogP contribution is -2.35. The topological polar surface area (TPSA) is 84.2 Å². The summed E-state index contributed by atoms with van der Waals surface area (Å²) in [6.45, 7) is 0.264. The van der Waals surface area contributed by atoms with Crippen molar-refractivity contribution < 1.29 is 27.9 Å². The minimum atomic E-state index is -4.49. The maximum Gasteiger partial charge on any atom is 0.435 e. The van der Waals surface area contributed by atoms with Gasteiger partial charge in [-0.3, -0.25) is 9.59 Å². The number of carboxylic acids is 1. The van der Waals surface area contributed by atoms with Crippen LogP contribution in [0.1, 0.15) is 36.9 Å². The van der Waals surface area contributed by atoms with Gasteiger partial charge in [-0.1, -0.05) is 18.6 Å². The zero-order chi connectivity index (χ0) is 20.3. The van der Waals surface area contributed by atoms with Gasteiger partial charge in [0.25, 0.3) is 0 Å². The molecule has 1 aliphatic rings. The molecule has 0 bridgehead atoms. The Bertz CT molecular complexity index is 846. The molecule has 2 unspecified atom stereocenters. The van der Waals surface area contributed by atoms with Gasteiger partial charge in [0, 0.05) is 18.7 Å². The van der Waals surface area contributed by atoms with Crippen molar-refractivity contribution in [3.05, 3.63) is 47.8 Å². The van der Waals surface area contributed by atoms with Crippen molar-refractivity contribution in [3.63, 3.8) is 0 Å². The molecule has 1 fully saturated rings. The number of rotatable bonds is 5. The molecular weight excluding hydrogens is 375 g/mol. The van der Waals surface area contributed by atoms with E-state index in [4.69, 9.17) is 5.11 Å². The van der Waals surface area contributed by atoms with Crippen LogP contribution < -0.4 is 5.32 Å². The number of alkyl halides is 3. The number of hydrogen-bond acceptors (Lipinski definition) is 3. The Hall–Kier alpha value is -2.84. The summed E-state index contributed by atoms with van der Waals surface area (Å²) in [6.07, 6.45) is -0.913. The number of carbonyl (C=O) groups excluding carboxylic acids is 1. The molecule has 0 radical (unpaired) electrons. The van der Waals surface area contributed by atoms with Crippen molar-refractivity contribution in [2.75, 3.05) is 0 Å². The number of nitrogens with zero attached hydrogens (tertiary/aromatic N) is 2. The monoisotopic (exact) mass is 395 g/mol. The summed E-state index contributed by atoms with van der Waals surface area (Å²) in [5.74, 6) is -1.81. The Morgan fingerprint density at radius 3 is 2.43 bits per heavy atom. The average molecular weight is 395 g/mol. The summed E-state index contributed by atoms with van der Waals surface area (Å²) in [4.78, 5) is 23.4. The van der Waals surface area contributed by atoms with Crippen LogP contribution in [0.25, 0.3) is 5.69 Å². The first-order valence-electron chi connectivity index (χ1n) is 8.97. The second-order valence-corrected chi connectivity index (χ2v) is 6.93. The molecule has 2 aromatic rings. The first kappa shape index (κ1) is 19.9. The van der Waals surface area contributed by atoms with Crippen molar-refractivity contribution in [1.82, 2.24) is 15.1 Å². The Morgan fingerprint density at radius 1 is 1.14 bits per heavy atom. The molecule has 1 amide bonds. The maximum atomic E-state index is 12.6. The SMILES string of the molecule is O=C(O)C1CCCC(C(=O)NCc2ccc(-n3ccc(C(F)(F)F)n3)cc2)C1. The van der Waals surface area contributed by atoms with Gasteiger partial charge in [-0.25, -0.2) is 4.68 Å². The molecule has 2 atom stereocenters. The zero-order valence-corrected chi connectivity index (χ0v) is 14.9. The number of nitrogens with one attached hydrogen (secondary N) is 1. The van der Waals surface area contributed by atoms with Gasteiger partial charge >= 0.3 is 12.1 Å². The highest BCUT2D eigenvalue weighted by Crippen LogP contribution is 2.30. The number of amides is 1. The molecule has 1 aromatic heterocycles. The van der Waals surface area contributed by atoms with E-state index >= 15 is 0 Å². The first-order chi connectivity index (χ1) is 13.2. The minimum Gasteiger partial charge on any atom is -0.481 e. The first-order valence-corrected chi connectivity index (χ1v) is 8.97. The van der Waals surface area contributed by atoms with Crippen molar-refractivity contribution >= 4 is 11.9 Å². The third kappa shape index (κ3) is 4.71. The number of carboxylic acid groups (broad SMARTS) is 1. The molecule has 6 nitrogen and oxygen atoms in total.